The Morgan fingerprint density at radius 1 is 1.43 bits per heavy atom. The van der Waals surface area contributed by atoms with Crippen LogP contribution >= 0.6 is 39.1 Å². The Hall–Kier alpha value is -0.340. The molecule has 0 amide bonds. The van der Waals surface area contributed by atoms with Crippen molar-refractivity contribution in [3.8, 4) is 0 Å². The van der Waals surface area contributed by atoms with Gasteiger partial charge in [0.1, 0.15) is 10.9 Å². The van der Waals surface area contributed by atoms with Crippen molar-refractivity contribution in [3.05, 3.63) is 27.7 Å². The summed E-state index contributed by atoms with van der Waals surface area (Å²) in [5, 5.41) is 0.785. The van der Waals surface area contributed by atoms with Gasteiger partial charge in [-0.3, -0.25) is 4.79 Å². The van der Waals surface area contributed by atoms with Crippen molar-refractivity contribution in [2.75, 3.05) is 13.2 Å². The molecular formula is C14H16BrCl2NO4S. The summed E-state index contributed by atoms with van der Waals surface area (Å²) in [6.45, 7) is 2.15. The molecule has 1 aliphatic heterocycles. The number of halogens is 3. The molecule has 0 N–H and O–H groups in total. The fourth-order valence-corrected chi connectivity index (χ4v) is 5.97. The molecular weight excluding hydrogens is 429 g/mol. The third kappa shape index (κ3) is 3.69. The molecule has 1 heterocycles. The van der Waals surface area contributed by atoms with Gasteiger partial charge in [0.15, 0.2) is 0 Å². The summed E-state index contributed by atoms with van der Waals surface area (Å²) in [7, 11) is -3.91. The van der Waals surface area contributed by atoms with E-state index >= 15 is 0 Å². The van der Waals surface area contributed by atoms with Crippen molar-refractivity contribution in [3.63, 3.8) is 0 Å². The van der Waals surface area contributed by atoms with E-state index in [1.165, 1.54) is 12.1 Å². The molecule has 0 aromatic heterocycles. The Morgan fingerprint density at radius 2 is 2.13 bits per heavy atom. The summed E-state index contributed by atoms with van der Waals surface area (Å²) >= 11 is 15.5. The summed E-state index contributed by atoms with van der Waals surface area (Å²) in [4.78, 5) is 12.0. The van der Waals surface area contributed by atoms with Crippen LogP contribution in [0.4, 0.5) is 0 Å². The van der Waals surface area contributed by atoms with Crippen molar-refractivity contribution in [2.45, 2.75) is 36.0 Å². The topological polar surface area (TPSA) is 63.7 Å². The van der Waals surface area contributed by atoms with E-state index in [1.807, 2.05) is 0 Å². The molecule has 9 heteroatoms. The molecule has 0 unspecified atom stereocenters. The zero-order valence-electron chi connectivity index (χ0n) is 12.4. The van der Waals surface area contributed by atoms with E-state index in [0.29, 0.717) is 28.8 Å². The summed E-state index contributed by atoms with van der Waals surface area (Å²) < 4.78 is 32.0. The number of rotatable bonds is 5. The smallest absolute Gasteiger partial charge is 0.324 e. The van der Waals surface area contributed by atoms with Gasteiger partial charge in [-0.15, -0.1) is 0 Å². The molecule has 1 aromatic rings. The molecule has 1 aromatic carbocycles. The van der Waals surface area contributed by atoms with Crippen LogP contribution in [0, 0.1) is 0 Å². The minimum absolute atomic E-state index is 0.0470. The fourth-order valence-electron chi connectivity index (χ4n) is 2.53. The Morgan fingerprint density at radius 3 is 2.74 bits per heavy atom. The SMILES string of the molecule is CCOC(=O)[C@@H]1CCCN1S(=O)(=O)c1ccc(Cl)c(CBr)c1Cl. The lowest BCUT2D eigenvalue weighted by atomic mass is 10.2. The molecule has 0 saturated carbocycles. The first-order chi connectivity index (χ1) is 10.8. The van der Waals surface area contributed by atoms with Gasteiger partial charge in [0.25, 0.3) is 0 Å². The van der Waals surface area contributed by atoms with Crippen molar-refractivity contribution in [2.24, 2.45) is 0 Å². The van der Waals surface area contributed by atoms with E-state index in [0.717, 1.165) is 4.31 Å². The molecule has 1 fully saturated rings. The largest absolute Gasteiger partial charge is 0.465 e. The van der Waals surface area contributed by atoms with Crippen molar-refractivity contribution >= 4 is 55.1 Å². The Bertz CT molecular complexity index is 711. The highest BCUT2D eigenvalue weighted by molar-refractivity contribution is 9.08. The predicted octanol–water partition coefficient (Wildman–Crippen LogP) is 3.60. The highest BCUT2D eigenvalue weighted by Crippen LogP contribution is 2.36. The second-order valence-electron chi connectivity index (χ2n) is 5.00. The number of alkyl halides is 1. The van der Waals surface area contributed by atoms with Crippen LogP contribution in [-0.2, 0) is 24.9 Å². The minimum Gasteiger partial charge on any atom is -0.465 e. The lowest BCUT2D eigenvalue weighted by Crippen LogP contribution is -2.41. The highest BCUT2D eigenvalue weighted by atomic mass is 79.9. The van der Waals surface area contributed by atoms with Crippen molar-refractivity contribution in [1.29, 1.82) is 0 Å². The molecule has 1 atom stereocenters. The predicted molar refractivity (Wildman–Crippen MR) is 92.6 cm³/mol. The van der Waals surface area contributed by atoms with E-state index in [1.54, 1.807) is 6.92 Å². The molecule has 0 bridgehead atoms. The summed E-state index contributed by atoms with van der Waals surface area (Å²) in [6.07, 6.45) is 1.04. The molecule has 128 valence electrons. The molecule has 0 radical (unpaired) electrons. The first-order valence-corrected chi connectivity index (χ1v) is 10.4. The Balaban J connectivity index is 2.44. The quantitative estimate of drug-likeness (QED) is 0.514. The molecule has 23 heavy (non-hydrogen) atoms. The molecule has 5 nitrogen and oxygen atoms in total. The third-order valence-corrected chi connectivity index (χ3v) is 7.04. The third-order valence-electron chi connectivity index (χ3n) is 3.63. The van der Waals surface area contributed by atoms with Gasteiger partial charge in [0, 0.05) is 22.5 Å². The minimum atomic E-state index is -3.91. The molecule has 0 spiro atoms. The number of benzene rings is 1. The second kappa shape index (κ2) is 7.70. The first kappa shape index (κ1) is 19.0. The van der Waals surface area contributed by atoms with Crippen molar-refractivity contribution < 1.29 is 17.9 Å². The first-order valence-electron chi connectivity index (χ1n) is 7.05. The van der Waals surface area contributed by atoms with Crippen LogP contribution in [0.2, 0.25) is 10.0 Å². The van der Waals surface area contributed by atoms with Crippen LogP contribution < -0.4 is 0 Å². The van der Waals surface area contributed by atoms with Crippen LogP contribution in [0.25, 0.3) is 0 Å². The zero-order valence-corrected chi connectivity index (χ0v) is 16.3. The van der Waals surface area contributed by atoms with Gasteiger partial charge in [0.2, 0.25) is 10.0 Å². The normalized spacial score (nSPS) is 19.0. The van der Waals surface area contributed by atoms with Crippen LogP contribution in [-0.4, -0.2) is 37.9 Å². The van der Waals surface area contributed by atoms with Gasteiger partial charge < -0.3 is 4.74 Å². The van der Waals surface area contributed by atoms with Gasteiger partial charge in [-0.1, -0.05) is 39.1 Å². The number of carbonyl (C=O) groups is 1. The number of sulfonamides is 1. The lowest BCUT2D eigenvalue weighted by molar-refractivity contribution is -0.146. The van der Waals surface area contributed by atoms with Gasteiger partial charge in [-0.25, -0.2) is 8.42 Å². The van der Waals surface area contributed by atoms with E-state index in [2.05, 4.69) is 15.9 Å². The van der Waals surface area contributed by atoms with E-state index in [-0.39, 0.29) is 23.1 Å². The second-order valence-corrected chi connectivity index (χ2v) is 8.20. The average molecular weight is 445 g/mol. The lowest BCUT2D eigenvalue weighted by Gasteiger charge is -2.23. The van der Waals surface area contributed by atoms with Crippen molar-refractivity contribution in [1.82, 2.24) is 4.31 Å². The standard InChI is InChI=1S/C14H16BrCl2NO4S/c1-2-22-14(19)11-4-3-7-18(11)23(20,21)12-6-5-10(16)9(8-15)13(12)17/h5-6,11H,2-4,7-8H2,1H3/t11-/m0/s1. The summed E-state index contributed by atoms with van der Waals surface area (Å²) in [5.74, 6) is -0.528. The summed E-state index contributed by atoms with van der Waals surface area (Å²) in [6, 6.07) is 2.05. The monoisotopic (exact) mass is 443 g/mol. The average Bonchev–Trinajstić information content (AvgIpc) is 2.98. The van der Waals surface area contributed by atoms with E-state index < -0.39 is 22.0 Å². The fraction of sp³-hybridized carbons (Fsp3) is 0.500. The molecule has 0 aliphatic carbocycles. The van der Waals surface area contributed by atoms with Crippen LogP contribution in [0.5, 0.6) is 0 Å². The maximum atomic E-state index is 12.9. The number of nitrogens with zero attached hydrogens (tertiary/aromatic N) is 1. The van der Waals surface area contributed by atoms with E-state index in [9.17, 15) is 13.2 Å². The number of hydrogen-bond donors (Lipinski definition) is 0. The molecule has 1 saturated heterocycles. The Kier molecular flexibility index (Phi) is 6.35. The van der Waals surface area contributed by atoms with Gasteiger partial charge in [0.05, 0.1) is 11.6 Å². The zero-order chi connectivity index (χ0) is 17.2. The molecule has 2 rings (SSSR count). The maximum Gasteiger partial charge on any atom is 0.324 e. The maximum absolute atomic E-state index is 12.9. The van der Waals surface area contributed by atoms with Crippen LogP contribution in [0.3, 0.4) is 0 Å². The number of hydrogen-bond acceptors (Lipinski definition) is 4. The van der Waals surface area contributed by atoms with Gasteiger partial charge in [-0.05, 0) is 31.9 Å². The van der Waals surface area contributed by atoms with Gasteiger partial charge >= 0.3 is 5.97 Å². The number of ether oxygens (including phenoxy) is 1. The van der Waals surface area contributed by atoms with Gasteiger partial charge in [-0.2, -0.15) is 4.31 Å². The number of esters is 1. The van der Waals surface area contributed by atoms with Crippen LogP contribution in [0.1, 0.15) is 25.3 Å². The highest BCUT2D eigenvalue weighted by Gasteiger charge is 2.41. The molecule has 1 aliphatic rings. The van der Waals surface area contributed by atoms with Crippen LogP contribution in [0.15, 0.2) is 17.0 Å². The Labute approximate surface area is 154 Å². The van der Waals surface area contributed by atoms with E-state index in [4.69, 9.17) is 27.9 Å². The summed E-state index contributed by atoms with van der Waals surface area (Å²) in [5.41, 5.74) is 0.501. The number of carbonyl (C=O) groups excluding carboxylic acids is 1.